The Morgan fingerprint density at radius 3 is 2.21 bits per heavy atom. The van der Waals surface area contributed by atoms with Gasteiger partial charge in [0.25, 0.3) is 0 Å². The number of carbonyl (C=O) groups is 2. The summed E-state index contributed by atoms with van der Waals surface area (Å²) < 4.78 is 11.1. The highest BCUT2D eigenvalue weighted by atomic mass is 16.6. The Morgan fingerprint density at radius 1 is 0.897 bits per heavy atom. The molecule has 0 N–H and O–H groups in total. The van der Waals surface area contributed by atoms with Crippen LogP contribution in [-0.2, 0) is 27.3 Å². The summed E-state index contributed by atoms with van der Waals surface area (Å²) in [5.41, 5.74) is 0.880. The number of esters is 1. The standard InChI is InChI=1S/C24H29NO4/c1-2-28-22(26)24(18-20-12-6-3-7-13-20)16-10-5-11-17-25(24)23(27)29-19-21-14-8-4-9-15-21/h3-4,6-9,12-15H,2,5,10-11,16-19H2,1H3/t24-/m0/s1. The largest absolute Gasteiger partial charge is 0.464 e. The zero-order chi connectivity index (χ0) is 20.5. The lowest BCUT2D eigenvalue weighted by Crippen LogP contribution is -2.59. The van der Waals surface area contributed by atoms with Crippen molar-refractivity contribution in [2.24, 2.45) is 0 Å². The minimum absolute atomic E-state index is 0.181. The first-order chi connectivity index (χ1) is 14.2. The van der Waals surface area contributed by atoms with Gasteiger partial charge in [0, 0.05) is 13.0 Å². The number of ether oxygens (including phenoxy) is 2. The van der Waals surface area contributed by atoms with Crippen LogP contribution in [0.1, 0.15) is 43.7 Å². The van der Waals surface area contributed by atoms with Gasteiger partial charge in [-0.05, 0) is 30.9 Å². The fourth-order valence-corrected chi connectivity index (χ4v) is 3.94. The van der Waals surface area contributed by atoms with E-state index < -0.39 is 11.6 Å². The minimum Gasteiger partial charge on any atom is -0.464 e. The van der Waals surface area contributed by atoms with Crippen LogP contribution in [0.15, 0.2) is 60.7 Å². The van der Waals surface area contributed by atoms with Crippen molar-refractivity contribution in [2.75, 3.05) is 13.2 Å². The van der Waals surface area contributed by atoms with Crippen LogP contribution in [-0.4, -0.2) is 35.7 Å². The lowest BCUT2D eigenvalue weighted by Gasteiger charge is -2.40. The summed E-state index contributed by atoms with van der Waals surface area (Å²) in [4.78, 5) is 27.9. The molecule has 0 spiro atoms. The highest BCUT2D eigenvalue weighted by molar-refractivity contribution is 5.86. The van der Waals surface area contributed by atoms with Gasteiger partial charge in [0.05, 0.1) is 6.61 Å². The van der Waals surface area contributed by atoms with Gasteiger partial charge in [0.2, 0.25) is 0 Å². The molecule has 0 radical (unpaired) electrons. The van der Waals surface area contributed by atoms with Crippen LogP contribution < -0.4 is 0 Å². The van der Waals surface area contributed by atoms with Gasteiger partial charge in [0.1, 0.15) is 12.1 Å². The summed E-state index contributed by atoms with van der Waals surface area (Å²) in [5, 5.41) is 0. The van der Waals surface area contributed by atoms with Crippen LogP contribution in [0.2, 0.25) is 0 Å². The van der Waals surface area contributed by atoms with Crippen LogP contribution in [0.3, 0.4) is 0 Å². The van der Waals surface area contributed by atoms with E-state index in [1.807, 2.05) is 60.7 Å². The quantitative estimate of drug-likeness (QED) is 0.663. The van der Waals surface area contributed by atoms with Crippen LogP contribution in [0.25, 0.3) is 0 Å². The number of hydrogen-bond donors (Lipinski definition) is 0. The average molecular weight is 395 g/mol. The second kappa shape index (κ2) is 10.1. The number of likely N-dealkylation sites (tertiary alicyclic amines) is 1. The van der Waals surface area contributed by atoms with Crippen LogP contribution in [0, 0.1) is 0 Å². The van der Waals surface area contributed by atoms with E-state index in [2.05, 4.69) is 0 Å². The normalized spacial score (nSPS) is 19.3. The molecule has 2 aromatic carbocycles. The third kappa shape index (κ3) is 5.17. The topological polar surface area (TPSA) is 55.8 Å². The first-order valence-corrected chi connectivity index (χ1v) is 10.3. The average Bonchev–Trinajstić information content (AvgIpc) is 2.97. The van der Waals surface area contributed by atoms with Crippen molar-refractivity contribution in [3.05, 3.63) is 71.8 Å². The van der Waals surface area contributed by atoms with Crippen LogP contribution in [0.5, 0.6) is 0 Å². The Morgan fingerprint density at radius 2 is 1.55 bits per heavy atom. The molecular formula is C24H29NO4. The van der Waals surface area contributed by atoms with Crippen molar-refractivity contribution in [2.45, 2.75) is 51.2 Å². The Kier molecular flexibility index (Phi) is 7.28. The molecule has 0 bridgehead atoms. The molecule has 1 aliphatic rings. The molecule has 3 rings (SSSR count). The molecule has 1 aliphatic heterocycles. The number of amides is 1. The lowest BCUT2D eigenvalue weighted by molar-refractivity contribution is -0.157. The molecule has 0 saturated carbocycles. The minimum atomic E-state index is -1.04. The van der Waals surface area contributed by atoms with Gasteiger partial charge in [-0.2, -0.15) is 0 Å². The van der Waals surface area contributed by atoms with Crippen molar-refractivity contribution in [1.82, 2.24) is 4.90 Å². The zero-order valence-corrected chi connectivity index (χ0v) is 17.0. The second-order valence-corrected chi connectivity index (χ2v) is 7.42. The summed E-state index contributed by atoms with van der Waals surface area (Å²) in [5.74, 6) is -0.345. The molecule has 0 aliphatic carbocycles. The summed E-state index contributed by atoms with van der Waals surface area (Å²) in [6, 6.07) is 19.4. The van der Waals surface area contributed by atoms with Gasteiger partial charge in [-0.1, -0.05) is 73.5 Å². The van der Waals surface area contributed by atoms with Gasteiger partial charge in [-0.25, -0.2) is 9.59 Å². The van der Waals surface area contributed by atoms with E-state index in [1.165, 1.54) is 0 Å². The smallest absolute Gasteiger partial charge is 0.411 e. The highest BCUT2D eigenvalue weighted by Gasteiger charge is 2.48. The lowest BCUT2D eigenvalue weighted by atomic mass is 9.85. The van der Waals surface area contributed by atoms with Crippen molar-refractivity contribution in [3.63, 3.8) is 0 Å². The second-order valence-electron chi connectivity index (χ2n) is 7.42. The van der Waals surface area contributed by atoms with Gasteiger partial charge in [-0.3, -0.25) is 4.90 Å². The molecule has 29 heavy (non-hydrogen) atoms. The third-order valence-corrected chi connectivity index (χ3v) is 5.41. The molecule has 1 atom stereocenters. The molecule has 5 heteroatoms. The van der Waals surface area contributed by atoms with E-state index in [-0.39, 0.29) is 19.2 Å². The third-order valence-electron chi connectivity index (χ3n) is 5.41. The van der Waals surface area contributed by atoms with E-state index in [1.54, 1.807) is 11.8 Å². The zero-order valence-electron chi connectivity index (χ0n) is 17.0. The summed E-state index contributed by atoms with van der Waals surface area (Å²) in [7, 11) is 0. The molecule has 1 saturated heterocycles. The fraction of sp³-hybridized carbons (Fsp3) is 0.417. The molecule has 5 nitrogen and oxygen atoms in total. The Labute approximate surface area is 172 Å². The molecule has 0 unspecified atom stereocenters. The molecule has 2 aromatic rings. The van der Waals surface area contributed by atoms with E-state index in [0.29, 0.717) is 19.4 Å². The van der Waals surface area contributed by atoms with Crippen LogP contribution in [0.4, 0.5) is 4.79 Å². The summed E-state index contributed by atoms with van der Waals surface area (Å²) in [6.07, 6.45) is 3.22. The summed E-state index contributed by atoms with van der Waals surface area (Å²) >= 11 is 0. The molecule has 0 aromatic heterocycles. The molecule has 1 amide bonds. The summed E-state index contributed by atoms with van der Waals surface area (Å²) in [6.45, 7) is 2.74. The van der Waals surface area contributed by atoms with Gasteiger partial charge in [0.15, 0.2) is 0 Å². The van der Waals surface area contributed by atoms with Crippen LogP contribution >= 0.6 is 0 Å². The molecule has 1 fully saturated rings. The predicted octanol–water partition coefficient (Wildman–Crippen LogP) is 4.74. The number of rotatable bonds is 6. The van der Waals surface area contributed by atoms with Crippen molar-refractivity contribution >= 4 is 12.1 Å². The molecule has 1 heterocycles. The fourth-order valence-electron chi connectivity index (χ4n) is 3.94. The van der Waals surface area contributed by atoms with E-state index in [0.717, 1.165) is 30.4 Å². The van der Waals surface area contributed by atoms with E-state index in [4.69, 9.17) is 9.47 Å². The van der Waals surface area contributed by atoms with Crippen molar-refractivity contribution in [1.29, 1.82) is 0 Å². The monoisotopic (exact) mass is 395 g/mol. The highest BCUT2D eigenvalue weighted by Crippen LogP contribution is 2.33. The van der Waals surface area contributed by atoms with E-state index in [9.17, 15) is 9.59 Å². The first-order valence-electron chi connectivity index (χ1n) is 10.3. The number of nitrogens with zero attached hydrogens (tertiary/aromatic N) is 1. The Bertz CT molecular complexity index is 793. The van der Waals surface area contributed by atoms with E-state index >= 15 is 0 Å². The van der Waals surface area contributed by atoms with Crippen molar-refractivity contribution < 1.29 is 19.1 Å². The molecular weight excluding hydrogens is 366 g/mol. The number of benzene rings is 2. The predicted molar refractivity (Wildman–Crippen MR) is 111 cm³/mol. The van der Waals surface area contributed by atoms with Gasteiger partial charge < -0.3 is 9.47 Å². The number of hydrogen-bond acceptors (Lipinski definition) is 4. The number of carbonyl (C=O) groups excluding carboxylic acids is 2. The Balaban J connectivity index is 1.88. The van der Waals surface area contributed by atoms with Gasteiger partial charge >= 0.3 is 12.1 Å². The maximum Gasteiger partial charge on any atom is 0.411 e. The SMILES string of the molecule is CCOC(=O)[C@@]1(Cc2ccccc2)CCCCCN1C(=O)OCc1ccccc1. The maximum absolute atomic E-state index is 13.2. The first kappa shape index (κ1) is 20.9. The molecule has 154 valence electrons. The Hall–Kier alpha value is -2.82. The van der Waals surface area contributed by atoms with Gasteiger partial charge in [-0.15, -0.1) is 0 Å². The maximum atomic E-state index is 13.2. The van der Waals surface area contributed by atoms with Crippen molar-refractivity contribution in [3.8, 4) is 0 Å².